The van der Waals surface area contributed by atoms with Crippen molar-refractivity contribution in [1.29, 1.82) is 0 Å². The van der Waals surface area contributed by atoms with Crippen LogP contribution in [-0.4, -0.2) is 62.9 Å². The van der Waals surface area contributed by atoms with Crippen LogP contribution in [0, 0.1) is 0 Å². The summed E-state index contributed by atoms with van der Waals surface area (Å²) < 4.78 is 5.46. The van der Waals surface area contributed by atoms with Crippen LogP contribution in [0.25, 0.3) is 0 Å². The van der Waals surface area contributed by atoms with Crippen molar-refractivity contribution in [2.24, 2.45) is 0 Å². The van der Waals surface area contributed by atoms with Gasteiger partial charge in [-0.25, -0.2) is 0 Å². The zero-order valence-electron chi connectivity index (χ0n) is 10.7. The van der Waals surface area contributed by atoms with Crippen LogP contribution >= 0.6 is 0 Å². The third-order valence-electron chi connectivity index (χ3n) is 4.07. The molecule has 0 aromatic carbocycles. The van der Waals surface area contributed by atoms with Gasteiger partial charge in [-0.05, 0) is 20.3 Å². The van der Waals surface area contributed by atoms with Gasteiger partial charge in [0.25, 0.3) is 0 Å². The minimum absolute atomic E-state index is 0.0154. The van der Waals surface area contributed by atoms with Gasteiger partial charge in [0.2, 0.25) is 0 Å². The van der Waals surface area contributed by atoms with Crippen LogP contribution in [0.4, 0.5) is 0 Å². The second-order valence-electron chi connectivity index (χ2n) is 5.54. The quantitative estimate of drug-likeness (QED) is 0.622. The van der Waals surface area contributed by atoms with Crippen LogP contribution in [-0.2, 0) is 4.74 Å². The summed E-state index contributed by atoms with van der Waals surface area (Å²) in [7, 11) is 0. The van der Waals surface area contributed by atoms with Crippen molar-refractivity contribution < 1.29 is 20.1 Å². The molecule has 6 atom stereocenters. The lowest BCUT2D eigenvalue weighted by Gasteiger charge is -2.44. The fraction of sp³-hybridized carbons (Fsp3) is 1.00. The molecule has 0 aliphatic carbocycles. The maximum Gasteiger partial charge on any atom is 0.164 e. The number of likely N-dealkylation sites (tertiary alicyclic amines) is 1. The third-order valence-corrected chi connectivity index (χ3v) is 4.07. The van der Waals surface area contributed by atoms with Gasteiger partial charge < -0.3 is 20.1 Å². The fourth-order valence-electron chi connectivity index (χ4n) is 2.95. The van der Waals surface area contributed by atoms with Gasteiger partial charge in [-0.1, -0.05) is 6.92 Å². The molecule has 5 heteroatoms. The molecular formula is C12H23NO4. The molecule has 0 spiro atoms. The third kappa shape index (κ3) is 2.35. The minimum atomic E-state index is -1.20. The average molecular weight is 245 g/mol. The zero-order chi connectivity index (χ0) is 12.8. The molecular weight excluding hydrogens is 222 g/mol. The first-order valence-corrected chi connectivity index (χ1v) is 6.38. The molecule has 0 radical (unpaired) electrons. The number of hydrogen-bond donors (Lipinski definition) is 3. The first kappa shape index (κ1) is 13.2. The summed E-state index contributed by atoms with van der Waals surface area (Å²) in [6, 6.07) is 0.292. The molecule has 0 bridgehead atoms. The monoisotopic (exact) mass is 245 g/mol. The predicted octanol–water partition coefficient (Wildman–Crippen LogP) is -0.312. The van der Waals surface area contributed by atoms with Crippen LogP contribution in [0.1, 0.15) is 33.6 Å². The van der Waals surface area contributed by atoms with E-state index in [1.807, 2.05) is 0 Å². The summed E-state index contributed by atoms with van der Waals surface area (Å²) in [5.74, 6) is -1.20. The first-order chi connectivity index (χ1) is 7.85. The number of rotatable bonds is 2. The van der Waals surface area contributed by atoms with Crippen molar-refractivity contribution in [1.82, 2.24) is 4.90 Å². The zero-order valence-corrected chi connectivity index (χ0v) is 10.7. The average Bonchev–Trinajstić information content (AvgIpc) is 2.58. The number of β-amino-alcohol motifs (C(OH)–C–C–N with tert-alkyl or cyclic N) is 1. The minimum Gasteiger partial charge on any atom is -0.389 e. The van der Waals surface area contributed by atoms with Crippen LogP contribution in [0.15, 0.2) is 0 Å². The Labute approximate surface area is 102 Å². The van der Waals surface area contributed by atoms with Gasteiger partial charge in [0.05, 0.1) is 6.10 Å². The number of piperidine rings is 1. The van der Waals surface area contributed by atoms with E-state index in [1.54, 1.807) is 6.92 Å². The molecule has 2 aliphatic rings. The van der Waals surface area contributed by atoms with Gasteiger partial charge in [-0.15, -0.1) is 0 Å². The lowest BCUT2D eigenvalue weighted by atomic mass is 9.91. The van der Waals surface area contributed by atoms with Crippen molar-refractivity contribution in [3.05, 3.63) is 0 Å². The molecule has 1 unspecified atom stereocenters. The predicted molar refractivity (Wildman–Crippen MR) is 62.4 cm³/mol. The Morgan fingerprint density at radius 2 is 2.12 bits per heavy atom. The summed E-state index contributed by atoms with van der Waals surface area (Å²) in [6.45, 7) is 6.23. The summed E-state index contributed by atoms with van der Waals surface area (Å²) in [6.07, 6.45) is -0.767. The van der Waals surface area contributed by atoms with Crippen molar-refractivity contribution in [2.45, 2.75) is 69.8 Å². The Kier molecular flexibility index (Phi) is 3.49. The summed E-state index contributed by atoms with van der Waals surface area (Å²) in [5, 5.41) is 29.8. The highest BCUT2D eigenvalue weighted by Gasteiger charge is 2.53. The molecule has 0 saturated carbocycles. The van der Waals surface area contributed by atoms with E-state index >= 15 is 0 Å². The molecule has 2 aliphatic heterocycles. The van der Waals surface area contributed by atoms with Crippen molar-refractivity contribution in [2.75, 3.05) is 6.54 Å². The number of hydrogen-bond acceptors (Lipinski definition) is 5. The van der Waals surface area contributed by atoms with Crippen LogP contribution in [0.5, 0.6) is 0 Å². The molecule has 0 amide bonds. The smallest absolute Gasteiger partial charge is 0.164 e. The molecule has 0 aromatic heterocycles. The first-order valence-electron chi connectivity index (χ1n) is 6.38. The number of ether oxygens (including phenoxy) is 1. The van der Waals surface area contributed by atoms with Crippen molar-refractivity contribution >= 4 is 0 Å². The number of nitrogens with zero attached hydrogens (tertiary/aromatic N) is 1. The van der Waals surface area contributed by atoms with E-state index in [4.69, 9.17) is 4.74 Å². The molecule has 17 heavy (non-hydrogen) atoms. The molecule has 2 saturated heterocycles. The summed E-state index contributed by atoms with van der Waals surface area (Å²) >= 11 is 0. The lowest BCUT2D eigenvalue weighted by molar-refractivity contribution is -0.215. The van der Waals surface area contributed by atoms with E-state index < -0.39 is 24.1 Å². The topological polar surface area (TPSA) is 73.2 Å². The van der Waals surface area contributed by atoms with E-state index in [2.05, 4.69) is 18.7 Å². The van der Waals surface area contributed by atoms with E-state index in [-0.39, 0.29) is 6.04 Å². The maximum atomic E-state index is 9.96. The van der Waals surface area contributed by atoms with Crippen LogP contribution in [0.3, 0.4) is 0 Å². The Morgan fingerprint density at radius 3 is 2.71 bits per heavy atom. The molecule has 2 heterocycles. The Hall–Kier alpha value is -0.200. The standard InChI is InChI=1S/C12H23NO4/c1-4-7(2)13-6-9(14)10(15)11-8(13)5-12(3,16)17-11/h7-11,14-16H,4-6H2,1-3H3/t7?,8-,9-,10-,11+,12-/m1/s1. The summed E-state index contributed by atoms with van der Waals surface area (Å²) in [4.78, 5) is 2.14. The molecule has 0 aromatic rings. The van der Waals surface area contributed by atoms with Gasteiger partial charge in [-0.3, -0.25) is 4.90 Å². The van der Waals surface area contributed by atoms with E-state index in [1.165, 1.54) is 0 Å². The normalized spacial score (nSPS) is 49.1. The lowest BCUT2D eigenvalue weighted by Crippen LogP contribution is -2.61. The Bertz CT molecular complexity index is 284. The molecule has 2 rings (SSSR count). The van der Waals surface area contributed by atoms with Crippen LogP contribution in [0.2, 0.25) is 0 Å². The van der Waals surface area contributed by atoms with E-state index in [0.717, 1.165) is 6.42 Å². The fourth-order valence-corrected chi connectivity index (χ4v) is 2.95. The van der Waals surface area contributed by atoms with Gasteiger partial charge in [0.15, 0.2) is 5.79 Å². The van der Waals surface area contributed by atoms with Crippen LogP contribution < -0.4 is 0 Å². The van der Waals surface area contributed by atoms with Gasteiger partial charge >= 0.3 is 0 Å². The summed E-state index contributed by atoms with van der Waals surface area (Å²) in [5.41, 5.74) is 0. The second-order valence-corrected chi connectivity index (χ2v) is 5.54. The highest BCUT2D eigenvalue weighted by Crippen LogP contribution is 2.38. The molecule has 100 valence electrons. The van der Waals surface area contributed by atoms with E-state index in [0.29, 0.717) is 19.0 Å². The molecule has 3 N–H and O–H groups in total. The maximum absolute atomic E-state index is 9.96. The van der Waals surface area contributed by atoms with Crippen molar-refractivity contribution in [3.8, 4) is 0 Å². The number of fused-ring (bicyclic) bond motifs is 1. The van der Waals surface area contributed by atoms with Gasteiger partial charge in [-0.2, -0.15) is 0 Å². The SMILES string of the molecule is CCC(C)N1C[C@@H](O)[C@@H](O)[C@H]2O[C@@](C)(O)C[C@H]21. The van der Waals surface area contributed by atoms with E-state index in [9.17, 15) is 15.3 Å². The van der Waals surface area contributed by atoms with Gasteiger partial charge in [0, 0.05) is 25.0 Å². The molecule has 5 nitrogen and oxygen atoms in total. The highest BCUT2D eigenvalue weighted by molar-refractivity contribution is 5.02. The number of aliphatic hydroxyl groups excluding tert-OH is 2. The molecule has 2 fully saturated rings. The Morgan fingerprint density at radius 1 is 1.47 bits per heavy atom. The van der Waals surface area contributed by atoms with Gasteiger partial charge in [0.1, 0.15) is 12.2 Å². The van der Waals surface area contributed by atoms with Crippen molar-refractivity contribution in [3.63, 3.8) is 0 Å². The largest absolute Gasteiger partial charge is 0.389 e. The number of aliphatic hydroxyl groups is 3. The second kappa shape index (κ2) is 4.48. The Balaban J connectivity index is 2.20. The highest BCUT2D eigenvalue weighted by atomic mass is 16.6.